The number of nitrogens with two attached hydrogens (primary N) is 2. The fourth-order valence-corrected chi connectivity index (χ4v) is 1.17. The molecule has 5 N–H and O–H groups in total. The van der Waals surface area contributed by atoms with Gasteiger partial charge in [0, 0.05) is 6.42 Å². The minimum absolute atomic E-state index is 0.160. The van der Waals surface area contributed by atoms with Gasteiger partial charge in [0.15, 0.2) is 6.29 Å². The smallest absolute Gasteiger partial charge is 0.322 e. The lowest BCUT2D eigenvalue weighted by molar-refractivity contribution is -0.187. The molecule has 0 amide bonds. The molecule has 6 nitrogen and oxygen atoms in total. The first-order chi connectivity index (χ1) is 6.50. The van der Waals surface area contributed by atoms with Gasteiger partial charge >= 0.3 is 5.97 Å². The highest BCUT2D eigenvalue weighted by molar-refractivity contribution is 5.75. The Labute approximate surface area is 82.2 Å². The van der Waals surface area contributed by atoms with Crippen LogP contribution in [0.4, 0.5) is 0 Å². The summed E-state index contributed by atoms with van der Waals surface area (Å²) in [5.41, 5.74) is 10.8. The molecular weight excluding hydrogens is 188 g/mol. The molecular formula is C8H16N2O4. The molecule has 0 saturated carbocycles. The van der Waals surface area contributed by atoms with Gasteiger partial charge in [-0.25, -0.2) is 0 Å². The molecule has 0 bridgehead atoms. The third kappa shape index (κ3) is 2.91. The van der Waals surface area contributed by atoms with Crippen molar-refractivity contribution in [3.05, 3.63) is 0 Å². The Kier molecular flexibility index (Phi) is 3.82. The van der Waals surface area contributed by atoms with Gasteiger partial charge in [0.05, 0.1) is 12.6 Å². The Bertz CT molecular complexity index is 210. The van der Waals surface area contributed by atoms with Crippen molar-refractivity contribution >= 4 is 5.97 Å². The summed E-state index contributed by atoms with van der Waals surface area (Å²) >= 11 is 0. The Hall–Kier alpha value is -0.690. The van der Waals surface area contributed by atoms with E-state index in [2.05, 4.69) is 0 Å². The van der Waals surface area contributed by atoms with Crippen LogP contribution in [0.25, 0.3) is 0 Å². The highest BCUT2D eigenvalue weighted by Gasteiger charge is 2.29. The van der Waals surface area contributed by atoms with E-state index >= 15 is 0 Å². The standard InChI is InChI=1S/C8H16N2O4/c1-4(9)7(11)14-5-2-6(10)8(12)13-3-5/h4-6,8,12H,2-3,9-10H2,1H3/t4-,5+,6-,8?/m1/s1. The first-order valence-electron chi connectivity index (χ1n) is 4.52. The molecule has 0 radical (unpaired) electrons. The van der Waals surface area contributed by atoms with Gasteiger partial charge in [0.1, 0.15) is 12.1 Å². The fourth-order valence-electron chi connectivity index (χ4n) is 1.17. The van der Waals surface area contributed by atoms with Crippen LogP contribution in [-0.4, -0.2) is 42.2 Å². The summed E-state index contributed by atoms with van der Waals surface area (Å²) in [5.74, 6) is -0.484. The normalized spacial score (nSPS) is 35.0. The lowest BCUT2D eigenvalue weighted by atomic mass is 10.1. The first-order valence-corrected chi connectivity index (χ1v) is 4.52. The van der Waals surface area contributed by atoms with E-state index in [1.807, 2.05) is 0 Å². The monoisotopic (exact) mass is 204 g/mol. The number of carbonyl (C=O) groups excluding carboxylic acids is 1. The predicted molar refractivity (Wildman–Crippen MR) is 48.1 cm³/mol. The van der Waals surface area contributed by atoms with E-state index in [4.69, 9.17) is 26.0 Å². The summed E-state index contributed by atoms with van der Waals surface area (Å²) in [7, 11) is 0. The molecule has 1 unspecified atom stereocenters. The second-order valence-corrected chi connectivity index (χ2v) is 3.47. The molecule has 1 aliphatic rings. The number of carbonyl (C=O) groups is 1. The van der Waals surface area contributed by atoms with E-state index in [1.165, 1.54) is 0 Å². The Balaban J connectivity index is 2.37. The van der Waals surface area contributed by atoms with Crippen LogP contribution < -0.4 is 11.5 Å². The average Bonchev–Trinajstić information content (AvgIpc) is 2.11. The Morgan fingerprint density at radius 3 is 2.86 bits per heavy atom. The fraction of sp³-hybridized carbons (Fsp3) is 0.875. The average molecular weight is 204 g/mol. The number of aliphatic hydroxyl groups excluding tert-OH is 1. The number of ether oxygens (including phenoxy) is 2. The highest BCUT2D eigenvalue weighted by Crippen LogP contribution is 2.14. The van der Waals surface area contributed by atoms with E-state index in [0.29, 0.717) is 6.42 Å². The van der Waals surface area contributed by atoms with Crippen LogP contribution in [0.3, 0.4) is 0 Å². The minimum Gasteiger partial charge on any atom is -0.459 e. The first kappa shape index (κ1) is 11.4. The minimum atomic E-state index is -0.972. The zero-order valence-corrected chi connectivity index (χ0v) is 8.05. The van der Waals surface area contributed by atoms with Crippen LogP contribution in [0, 0.1) is 0 Å². The molecule has 1 fully saturated rings. The predicted octanol–water partition coefficient (Wildman–Crippen LogP) is -1.69. The van der Waals surface area contributed by atoms with E-state index in [0.717, 1.165) is 0 Å². The lowest BCUT2D eigenvalue weighted by Crippen LogP contribution is -2.48. The zero-order chi connectivity index (χ0) is 10.7. The molecule has 1 rings (SSSR count). The van der Waals surface area contributed by atoms with Crippen molar-refractivity contribution in [2.45, 2.75) is 37.8 Å². The van der Waals surface area contributed by atoms with E-state index in [9.17, 15) is 4.79 Å². The van der Waals surface area contributed by atoms with Gasteiger partial charge in [0.2, 0.25) is 0 Å². The number of esters is 1. The van der Waals surface area contributed by atoms with Crippen molar-refractivity contribution in [1.29, 1.82) is 0 Å². The number of aliphatic hydroxyl groups is 1. The molecule has 0 aliphatic carbocycles. The second-order valence-electron chi connectivity index (χ2n) is 3.47. The van der Waals surface area contributed by atoms with Crippen LogP contribution in [0.1, 0.15) is 13.3 Å². The molecule has 1 heterocycles. The number of rotatable bonds is 2. The Morgan fingerprint density at radius 1 is 1.71 bits per heavy atom. The molecule has 0 aromatic rings. The van der Waals surface area contributed by atoms with Gasteiger partial charge in [-0.15, -0.1) is 0 Å². The van der Waals surface area contributed by atoms with Gasteiger partial charge in [-0.1, -0.05) is 0 Å². The molecule has 0 aromatic heterocycles. The summed E-state index contributed by atoms with van der Waals surface area (Å²) < 4.78 is 9.89. The molecule has 1 saturated heterocycles. The van der Waals surface area contributed by atoms with Gasteiger partial charge in [-0.2, -0.15) is 0 Å². The van der Waals surface area contributed by atoms with Crippen LogP contribution in [0.15, 0.2) is 0 Å². The van der Waals surface area contributed by atoms with Crippen molar-refractivity contribution in [3.8, 4) is 0 Å². The third-order valence-electron chi connectivity index (χ3n) is 2.01. The van der Waals surface area contributed by atoms with Gasteiger partial charge < -0.3 is 26.0 Å². The summed E-state index contributed by atoms with van der Waals surface area (Å²) in [5, 5.41) is 9.13. The van der Waals surface area contributed by atoms with E-state index in [-0.39, 0.29) is 6.61 Å². The SMILES string of the molecule is C[C@@H](N)C(=O)O[C@@H]1COC(O)[C@H](N)C1. The molecule has 6 heteroatoms. The van der Waals surface area contributed by atoms with E-state index in [1.54, 1.807) is 6.92 Å². The maximum absolute atomic E-state index is 11.1. The van der Waals surface area contributed by atoms with Gasteiger partial charge in [-0.3, -0.25) is 4.79 Å². The quantitative estimate of drug-likeness (QED) is 0.463. The van der Waals surface area contributed by atoms with Gasteiger partial charge in [-0.05, 0) is 6.92 Å². The van der Waals surface area contributed by atoms with Crippen LogP contribution >= 0.6 is 0 Å². The van der Waals surface area contributed by atoms with Gasteiger partial charge in [0.25, 0.3) is 0 Å². The third-order valence-corrected chi connectivity index (χ3v) is 2.01. The number of hydrogen-bond acceptors (Lipinski definition) is 6. The van der Waals surface area contributed by atoms with Crippen LogP contribution in [-0.2, 0) is 14.3 Å². The largest absolute Gasteiger partial charge is 0.459 e. The van der Waals surface area contributed by atoms with Crippen LogP contribution in [0.5, 0.6) is 0 Å². The topological polar surface area (TPSA) is 108 Å². The number of hydrogen-bond donors (Lipinski definition) is 3. The molecule has 0 aromatic carbocycles. The summed E-state index contributed by atoms with van der Waals surface area (Å²) in [6, 6.07) is -1.17. The highest BCUT2D eigenvalue weighted by atomic mass is 16.6. The molecule has 4 atom stereocenters. The maximum atomic E-state index is 11.1. The van der Waals surface area contributed by atoms with Crippen molar-refractivity contribution in [3.63, 3.8) is 0 Å². The maximum Gasteiger partial charge on any atom is 0.322 e. The summed E-state index contributed by atoms with van der Waals surface area (Å²) in [4.78, 5) is 11.1. The summed E-state index contributed by atoms with van der Waals surface area (Å²) in [6.07, 6.45) is -0.994. The molecule has 82 valence electrons. The second kappa shape index (κ2) is 4.70. The van der Waals surface area contributed by atoms with Crippen LogP contribution in [0.2, 0.25) is 0 Å². The molecule has 1 aliphatic heterocycles. The van der Waals surface area contributed by atoms with E-state index < -0.39 is 30.4 Å². The zero-order valence-electron chi connectivity index (χ0n) is 8.05. The van der Waals surface area contributed by atoms with Crippen molar-refractivity contribution < 1.29 is 19.4 Å². The van der Waals surface area contributed by atoms with Crippen molar-refractivity contribution in [1.82, 2.24) is 0 Å². The van der Waals surface area contributed by atoms with Crippen molar-refractivity contribution in [2.75, 3.05) is 6.61 Å². The molecule has 14 heavy (non-hydrogen) atoms. The lowest BCUT2D eigenvalue weighted by Gasteiger charge is -2.30. The molecule has 0 spiro atoms. The summed E-state index contributed by atoms with van der Waals surface area (Å²) in [6.45, 7) is 1.70. The Morgan fingerprint density at radius 2 is 2.36 bits per heavy atom. The van der Waals surface area contributed by atoms with Crippen molar-refractivity contribution in [2.24, 2.45) is 11.5 Å².